The van der Waals surface area contributed by atoms with Gasteiger partial charge in [0.1, 0.15) is 6.61 Å². The van der Waals surface area contributed by atoms with Crippen molar-refractivity contribution in [2.45, 2.75) is 32.3 Å². The van der Waals surface area contributed by atoms with Crippen molar-refractivity contribution in [2.75, 3.05) is 19.7 Å². The predicted molar refractivity (Wildman–Crippen MR) is 87.7 cm³/mol. The highest BCUT2D eigenvalue weighted by atomic mass is 16.7. The molecule has 7 nitrogen and oxygen atoms in total. The van der Waals surface area contributed by atoms with Gasteiger partial charge in [-0.15, -0.1) is 0 Å². The summed E-state index contributed by atoms with van der Waals surface area (Å²) in [6.07, 6.45) is -0.848. The van der Waals surface area contributed by atoms with Gasteiger partial charge in [0.2, 0.25) is 0 Å². The summed E-state index contributed by atoms with van der Waals surface area (Å²) in [6, 6.07) is 9.36. The quantitative estimate of drug-likeness (QED) is 0.896. The fraction of sp³-hybridized carbons (Fsp3) is 0.556. The maximum Gasteiger partial charge on any atom is 0.410 e. The Morgan fingerprint density at radius 2 is 2.00 bits per heavy atom. The van der Waals surface area contributed by atoms with E-state index >= 15 is 0 Å². The molecule has 2 aliphatic heterocycles. The van der Waals surface area contributed by atoms with Crippen LogP contribution in [0.25, 0.3) is 0 Å². The second-order valence-electron chi connectivity index (χ2n) is 6.92. The van der Waals surface area contributed by atoms with E-state index in [1.165, 1.54) is 4.90 Å². The first kappa shape index (κ1) is 17.7. The summed E-state index contributed by atoms with van der Waals surface area (Å²) in [5.41, 5.74) is 0.885. The van der Waals surface area contributed by atoms with Gasteiger partial charge in [0, 0.05) is 19.0 Å². The second-order valence-corrected chi connectivity index (χ2v) is 6.92. The predicted octanol–water partition coefficient (Wildman–Crippen LogP) is 2.11. The third-order valence-corrected chi connectivity index (χ3v) is 4.65. The molecule has 1 aromatic carbocycles. The number of carboxylic acids is 1. The zero-order valence-corrected chi connectivity index (χ0v) is 14.4. The molecule has 2 fully saturated rings. The molecule has 7 heteroatoms. The van der Waals surface area contributed by atoms with Crippen molar-refractivity contribution in [3.8, 4) is 0 Å². The Morgan fingerprint density at radius 1 is 1.28 bits per heavy atom. The number of carboxylic acid groups (broad SMARTS) is 1. The van der Waals surface area contributed by atoms with E-state index in [4.69, 9.17) is 14.2 Å². The summed E-state index contributed by atoms with van der Waals surface area (Å²) < 4.78 is 16.7. The van der Waals surface area contributed by atoms with Crippen LogP contribution in [0.1, 0.15) is 19.4 Å². The zero-order valence-electron chi connectivity index (χ0n) is 14.4. The summed E-state index contributed by atoms with van der Waals surface area (Å²) in [6.45, 7) is 4.48. The van der Waals surface area contributed by atoms with Crippen molar-refractivity contribution in [1.29, 1.82) is 0 Å². The van der Waals surface area contributed by atoms with Crippen LogP contribution in [0.2, 0.25) is 0 Å². The van der Waals surface area contributed by atoms with Crippen LogP contribution < -0.4 is 0 Å². The molecule has 3 unspecified atom stereocenters. The molecule has 1 aromatic rings. The Hall–Kier alpha value is -2.12. The lowest BCUT2D eigenvalue weighted by Gasteiger charge is -2.23. The normalized spacial score (nSPS) is 28.1. The average Bonchev–Trinajstić information content (AvgIpc) is 3.17. The van der Waals surface area contributed by atoms with Gasteiger partial charge in [0.15, 0.2) is 5.79 Å². The van der Waals surface area contributed by atoms with Crippen molar-refractivity contribution in [3.63, 3.8) is 0 Å². The highest BCUT2D eigenvalue weighted by Crippen LogP contribution is 2.35. The Kier molecular flexibility index (Phi) is 4.96. The Balaban J connectivity index is 1.61. The monoisotopic (exact) mass is 349 g/mol. The molecule has 2 heterocycles. The maximum atomic E-state index is 12.3. The number of nitrogens with zero attached hydrogens (tertiary/aromatic N) is 1. The van der Waals surface area contributed by atoms with Crippen LogP contribution in [0.15, 0.2) is 30.3 Å². The number of ether oxygens (including phenoxy) is 3. The molecule has 2 saturated heterocycles. The van der Waals surface area contributed by atoms with E-state index in [1.54, 1.807) is 13.8 Å². The van der Waals surface area contributed by atoms with Gasteiger partial charge in [0.05, 0.1) is 18.6 Å². The summed E-state index contributed by atoms with van der Waals surface area (Å²) >= 11 is 0. The smallest absolute Gasteiger partial charge is 0.410 e. The van der Waals surface area contributed by atoms with Gasteiger partial charge in [0.25, 0.3) is 0 Å². The Labute approximate surface area is 146 Å². The van der Waals surface area contributed by atoms with Gasteiger partial charge in [-0.05, 0) is 19.4 Å². The first-order chi connectivity index (χ1) is 11.9. The van der Waals surface area contributed by atoms with Gasteiger partial charge < -0.3 is 24.2 Å². The third kappa shape index (κ3) is 4.11. The van der Waals surface area contributed by atoms with E-state index in [0.717, 1.165) is 5.56 Å². The lowest BCUT2D eigenvalue weighted by Crippen LogP contribution is -2.35. The van der Waals surface area contributed by atoms with Crippen LogP contribution in [-0.4, -0.2) is 53.7 Å². The summed E-state index contributed by atoms with van der Waals surface area (Å²) in [5, 5.41) is 9.51. The van der Waals surface area contributed by atoms with Crippen molar-refractivity contribution < 1.29 is 28.9 Å². The number of benzene rings is 1. The minimum atomic E-state index is -0.934. The lowest BCUT2D eigenvalue weighted by molar-refractivity contribution is -0.154. The summed E-state index contributed by atoms with van der Waals surface area (Å²) in [5.74, 6) is -2.67. The van der Waals surface area contributed by atoms with Gasteiger partial charge in [-0.25, -0.2) is 4.79 Å². The van der Waals surface area contributed by atoms with E-state index in [1.807, 2.05) is 30.3 Å². The van der Waals surface area contributed by atoms with Crippen molar-refractivity contribution in [2.24, 2.45) is 11.8 Å². The molecule has 0 bridgehead atoms. The molecule has 0 aromatic heterocycles. The highest BCUT2D eigenvalue weighted by molar-refractivity contribution is 5.74. The molecule has 0 saturated carbocycles. The van der Waals surface area contributed by atoms with Gasteiger partial charge in [-0.3, -0.25) is 4.79 Å². The number of hydrogen-bond donors (Lipinski definition) is 1. The first-order valence-electron chi connectivity index (χ1n) is 8.36. The maximum absolute atomic E-state index is 12.3. The highest BCUT2D eigenvalue weighted by Gasteiger charge is 2.48. The number of amides is 1. The van der Waals surface area contributed by atoms with E-state index in [0.29, 0.717) is 6.61 Å². The molecule has 3 rings (SSSR count). The molecule has 1 amide bonds. The fourth-order valence-electron chi connectivity index (χ4n) is 3.35. The van der Waals surface area contributed by atoms with Crippen LogP contribution in [0.5, 0.6) is 0 Å². The zero-order chi connectivity index (χ0) is 18.0. The van der Waals surface area contributed by atoms with Crippen molar-refractivity contribution in [1.82, 2.24) is 4.90 Å². The van der Waals surface area contributed by atoms with E-state index in [9.17, 15) is 14.7 Å². The van der Waals surface area contributed by atoms with E-state index in [-0.39, 0.29) is 31.7 Å². The van der Waals surface area contributed by atoms with Crippen LogP contribution in [0.3, 0.4) is 0 Å². The number of hydrogen-bond acceptors (Lipinski definition) is 5. The molecule has 2 aliphatic rings. The van der Waals surface area contributed by atoms with Crippen LogP contribution in [0.4, 0.5) is 4.79 Å². The number of carbonyl (C=O) groups excluding carboxylic acids is 1. The molecule has 0 spiro atoms. The number of aliphatic carboxylic acids is 1. The number of likely N-dealkylation sites (tertiary alicyclic amines) is 1. The minimum Gasteiger partial charge on any atom is -0.481 e. The van der Waals surface area contributed by atoms with Crippen LogP contribution >= 0.6 is 0 Å². The molecule has 0 radical (unpaired) electrons. The summed E-state index contributed by atoms with van der Waals surface area (Å²) in [4.78, 5) is 25.4. The standard InChI is InChI=1S/C18H23NO6/c1-18(2)24-11-15(25-18)13-8-19(9-14(13)16(20)21)17(22)23-10-12-6-4-3-5-7-12/h3-7,13-15H,8-11H2,1-2H3,(H,20,21). The molecule has 136 valence electrons. The molecule has 25 heavy (non-hydrogen) atoms. The molecular formula is C18H23NO6. The van der Waals surface area contributed by atoms with Crippen molar-refractivity contribution >= 4 is 12.1 Å². The van der Waals surface area contributed by atoms with Gasteiger partial charge in [-0.1, -0.05) is 30.3 Å². The summed E-state index contributed by atoms with van der Waals surface area (Å²) in [7, 11) is 0. The largest absolute Gasteiger partial charge is 0.481 e. The van der Waals surface area contributed by atoms with Gasteiger partial charge >= 0.3 is 12.1 Å². The van der Waals surface area contributed by atoms with E-state index < -0.39 is 23.8 Å². The molecule has 0 aliphatic carbocycles. The Morgan fingerprint density at radius 3 is 2.60 bits per heavy atom. The lowest BCUT2D eigenvalue weighted by atomic mass is 9.91. The Bertz CT molecular complexity index is 632. The average molecular weight is 349 g/mol. The van der Waals surface area contributed by atoms with Gasteiger partial charge in [-0.2, -0.15) is 0 Å². The molecule has 1 N–H and O–H groups in total. The van der Waals surface area contributed by atoms with Crippen LogP contribution in [0, 0.1) is 11.8 Å². The molecular weight excluding hydrogens is 326 g/mol. The van der Waals surface area contributed by atoms with Crippen molar-refractivity contribution in [3.05, 3.63) is 35.9 Å². The van der Waals surface area contributed by atoms with E-state index in [2.05, 4.69) is 0 Å². The minimum absolute atomic E-state index is 0.119. The topological polar surface area (TPSA) is 85.3 Å². The third-order valence-electron chi connectivity index (χ3n) is 4.65. The molecule has 3 atom stereocenters. The number of rotatable bonds is 4. The second kappa shape index (κ2) is 7.01. The first-order valence-corrected chi connectivity index (χ1v) is 8.36. The fourth-order valence-corrected chi connectivity index (χ4v) is 3.35. The SMILES string of the molecule is CC1(C)OCC(C2CN(C(=O)OCc3ccccc3)CC2C(=O)O)O1. The van der Waals surface area contributed by atoms with Crippen LogP contribution in [-0.2, 0) is 25.6 Å². The number of carbonyl (C=O) groups is 2.